The normalized spacial score (nSPS) is 11.1. The maximum Gasteiger partial charge on any atom is 0.338 e. The van der Waals surface area contributed by atoms with Gasteiger partial charge >= 0.3 is 5.97 Å². The van der Waals surface area contributed by atoms with Crippen molar-refractivity contribution in [1.29, 1.82) is 0 Å². The Kier molecular flexibility index (Phi) is 5.23. The third-order valence-electron chi connectivity index (χ3n) is 2.85. The van der Waals surface area contributed by atoms with Gasteiger partial charge in [-0.15, -0.1) is 0 Å². The van der Waals surface area contributed by atoms with Crippen LogP contribution in [0.4, 0.5) is 10.1 Å². The zero-order valence-corrected chi connectivity index (χ0v) is 13.6. The summed E-state index contributed by atoms with van der Waals surface area (Å²) in [4.78, 5) is 11.5. The summed E-state index contributed by atoms with van der Waals surface area (Å²) in [5, 5.41) is 0.0428. The van der Waals surface area contributed by atoms with Gasteiger partial charge in [0.1, 0.15) is 5.82 Å². The molecular formula is C15H13ClFNO4S. The lowest BCUT2D eigenvalue weighted by Gasteiger charge is -2.10. The van der Waals surface area contributed by atoms with Crippen LogP contribution in [-0.2, 0) is 14.8 Å². The lowest BCUT2D eigenvalue weighted by atomic mass is 10.2. The summed E-state index contributed by atoms with van der Waals surface area (Å²) < 4.78 is 44.4. The first-order valence-corrected chi connectivity index (χ1v) is 8.44. The molecule has 122 valence electrons. The standard InChI is InChI=1S/C15H13ClFNO4S/c1-2-22-15(19)10-3-8-14(13(16)9-10)18-23(20,21)12-6-4-11(17)5-7-12/h3-9,18H,2H2,1H3. The highest BCUT2D eigenvalue weighted by atomic mass is 35.5. The SMILES string of the molecule is CCOC(=O)c1ccc(NS(=O)(=O)c2ccc(F)cc2)c(Cl)c1. The average Bonchev–Trinajstić information content (AvgIpc) is 2.50. The van der Waals surface area contributed by atoms with Crippen molar-refractivity contribution in [3.05, 3.63) is 58.9 Å². The summed E-state index contributed by atoms with van der Waals surface area (Å²) in [6.07, 6.45) is 0. The third-order valence-corrected chi connectivity index (χ3v) is 4.54. The summed E-state index contributed by atoms with van der Waals surface area (Å²) in [6, 6.07) is 8.42. The number of carbonyl (C=O) groups excluding carboxylic acids is 1. The van der Waals surface area contributed by atoms with Crippen molar-refractivity contribution in [1.82, 2.24) is 0 Å². The molecule has 23 heavy (non-hydrogen) atoms. The number of anilines is 1. The number of carbonyl (C=O) groups is 1. The zero-order chi connectivity index (χ0) is 17.0. The summed E-state index contributed by atoms with van der Waals surface area (Å²) >= 11 is 6.00. The molecule has 0 heterocycles. The Labute approximate surface area is 138 Å². The van der Waals surface area contributed by atoms with E-state index in [0.717, 1.165) is 24.3 Å². The van der Waals surface area contributed by atoms with E-state index in [2.05, 4.69) is 4.72 Å². The van der Waals surface area contributed by atoms with Gasteiger partial charge in [-0.2, -0.15) is 0 Å². The minimum atomic E-state index is -3.91. The van der Waals surface area contributed by atoms with Crippen LogP contribution >= 0.6 is 11.6 Å². The molecule has 0 radical (unpaired) electrons. The monoisotopic (exact) mass is 357 g/mol. The third kappa shape index (κ3) is 4.20. The van der Waals surface area contributed by atoms with Crippen LogP contribution in [0.1, 0.15) is 17.3 Å². The van der Waals surface area contributed by atoms with Crippen LogP contribution < -0.4 is 4.72 Å². The Balaban J connectivity index is 2.26. The van der Waals surface area contributed by atoms with Gasteiger partial charge in [-0.25, -0.2) is 17.6 Å². The van der Waals surface area contributed by atoms with E-state index in [1.807, 2.05) is 0 Å². The molecule has 0 aliphatic heterocycles. The van der Waals surface area contributed by atoms with Crippen LogP contribution in [0.5, 0.6) is 0 Å². The quantitative estimate of drug-likeness (QED) is 0.832. The number of esters is 1. The molecule has 8 heteroatoms. The summed E-state index contributed by atoms with van der Waals surface area (Å²) in [6.45, 7) is 1.89. The minimum Gasteiger partial charge on any atom is -0.462 e. The second-order valence-corrected chi connectivity index (χ2v) is 6.56. The highest BCUT2D eigenvalue weighted by Crippen LogP contribution is 2.26. The van der Waals surface area contributed by atoms with Crippen molar-refractivity contribution in [3.8, 4) is 0 Å². The highest BCUT2D eigenvalue weighted by molar-refractivity contribution is 7.92. The molecule has 2 aromatic rings. The minimum absolute atomic E-state index is 0.0428. The maximum absolute atomic E-state index is 12.9. The molecule has 1 N–H and O–H groups in total. The number of sulfonamides is 1. The average molecular weight is 358 g/mol. The molecule has 0 saturated heterocycles. The van der Waals surface area contributed by atoms with Crippen molar-refractivity contribution in [2.45, 2.75) is 11.8 Å². The van der Waals surface area contributed by atoms with E-state index >= 15 is 0 Å². The molecule has 0 bridgehead atoms. The van der Waals surface area contributed by atoms with Crippen molar-refractivity contribution >= 4 is 33.3 Å². The lowest BCUT2D eigenvalue weighted by Crippen LogP contribution is -2.13. The Hall–Kier alpha value is -2.12. The first kappa shape index (κ1) is 17.2. The van der Waals surface area contributed by atoms with Crippen LogP contribution in [0, 0.1) is 5.82 Å². The Bertz CT molecular complexity index is 822. The number of rotatable bonds is 5. The fourth-order valence-electron chi connectivity index (χ4n) is 1.76. The fraction of sp³-hybridized carbons (Fsp3) is 0.133. The van der Waals surface area contributed by atoms with Gasteiger partial charge in [0.05, 0.1) is 27.8 Å². The molecule has 0 aliphatic carbocycles. The highest BCUT2D eigenvalue weighted by Gasteiger charge is 2.17. The molecule has 0 aromatic heterocycles. The Morgan fingerprint density at radius 1 is 1.22 bits per heavy atom. The van der Waals surface area contributed by atoms with Gasteiger partial charge < -0.3 is 4.74 Å². The van der Waals surface area contributed by atoms with Gasteiger partial charge in [0, 0.05) is 0 Å². The molecule has 0 unspecified atom stereocenters. The number of benzene rings is 2. The fourth-order valence-corrected chi connectivity index (χ4v) is 3.12. The van der Waals surface area contributed by atoms with Crippen molar-refractivity contribution in [3.63, 3.8) is 0 Å². The van der Waals surface area contributed by atoms with Gasteiger partial charge in [-0.05, 0) is 49.4 Å². The van der Waals surface area contributed by atoms with E-state index in [9.17, 15) is 17.6 Å². The van der Waals surface area contributed by atoms with Crippen molar-refractivity contribution in [2.75, 3.05) is 11.3 Å². The van der Waals surface area contributed by atoms with Crippen LogP contribution in [-0.4, -0.2) is 21.0 Å². The maximum atomic E-state index is 12.9. The molecule has 2 aromatic carbocycles. The van der Waals surface area contributed by atoms with Crippen molar-refractivity contribution in [2.24, 2.45) is 0 Å². The van der Waals surface area contributed by atoms with Gasteiger partial charge in [0.15, 0.2) is 0 Å². The first-order valence-electron chi connectivity index (χ1n) is 6.58. The van der Waals surface area contributed by atoms with E-state index in [0.29, 0.717) is 0 Å². The van der Waals surface area contributed by atoms with Crippen LogP contribution in [0.15, 0.2) is 47.4 Å². The number of ether oxygens (including phenoxy) is 1. The number of hydrogen-bond acceptors (Lipinski definition) is 4. The van der Waals surface area contributed by atoms with E-state index in [1.165, 1.54) is 18.2 Å². The van der Waals surface area contributed by atoms with E-state index < -0.39 is 21.8 Å². The lowest BCUT2D eigenvalue weighted by molar-refractivity contribution is 0.0526. The zero-order valence-electron chi connectivity index (χ0n) is 12.0. The van der Waals surface area contributed by atoms with Gasteiger partial charge in [-0.1, -0.05) is 11.6 Å². The molecular weight excluding hydrogens is 345 g/mol. The van der Waals surface area contributed by atoms with E-state index in [1.54, 1.807) is 6.92 Å². The molecule has 0 amide bonds. The number of halogens is 2. The molecule has 2 rings (SSSR count). The molecule has 0 fully saturated rings. The second kappa shape index (κ2) is 6.97. The van der Waals surface area contributed by atoms with Crippen LogP contribution in [0.25, 0.3) is 0 Å². The molecule has 0 atom stereocenters. The smallest absolute Gasteiger partial charge is 0.338 e. The molecule has 5 nitrogen and oxygen atoms in total. The van der Waals surface area contributed by atoms with E-state index in [4.69, 9.17) is 16.3 Å². The Morgan fingerprint density at radius 3 is 2.43 bits per heavy atom. The molecule has 0 saturated carbocycles. The first-order chi connectivity index (χ1) is 10.8. The summed E-state index contributed by atoms with van der Waals surface area (Å²) in [7, 11) is -3.91. The van der Waals surface area contributed by atoms with Crippen molar-refractivity contribution < 1.29 is 22.3 Å². The largest absolute Gasteiger partial charge is 0.462 e. The number of hydrogen-bond donors (Lipinski definition) is 1. The van der Waals surface area contributed by atoms with Crippen LogP contribution in [0.2, 0.25) is 5.02 Å². The van der Waals surface area contributed by atoms with Gasteiger partial charge in [0.25, 0.3) is 10.0 Å². The summed E-state index contributed by atoms with van der Waals surface area (Å²) in [5.74, 6) is -1.09. The van der Waals surface area contributed by atoms with Crippen LogP contribution in [0.3, 0.4) is 0 Å². The summed E-state index contributed by atoms with van der Waals surface area (Å²) in [5.41, 5.74) is 0.311. The molecule has 0 spiro atoms. The van der Waals surface area contributed by atoms with Gasteiger partial charge in [-0.3, -0.25) is 4.72 Å². The predicted octanol–water partition coefficient (Wildman–Crippen LogP) is 3.46. The predicted molar refractivity (Wildman–Crippen MR) is 84.6 cm³/mol. The topological polar surface area (TPSA) is 72.5 Å². The number of nitrogens with one attached hydrogen (secondary N) is 1. The second-order valence-electron chi connectivity index (χ2n) is 4.47. The molecule has 0 aliphatic rings. The van der Waals surface area contributed by atoms with E-state index in [-0.39, 0.29) is 27.8 Å². The Morgan fingerprint density at radius 2 is 1.87 bits per heavy atom. The van der Waals surface area contributed by atoms with Gasteiger partial charge in [0.2, 0.25) is 0 Å².